The number of furan rings is 1. The third kappa shape index (κ3) is 5.04. The molecule has 10 heteroatoms. The summed E-state index contributed by atoms with van der Waals surface area (Å²) in [6, 6.07) is 13.0. The molecule has 2 aromatic carbocycles. The number of hydrazone groups is 1. The summed E-state index contributed by atoms with van der Waals surface area (Å²) in [5, 5.41) is 15.2. The minimum absolute atomic E-state index is 0.0550. The molecular formula is C24H22ClN3O6. The van der Waals surface area contributed by atoms with Crippen LogP contribution in [0.2, 0.25) is 5.02 Å². The van der Waals surface area contributed by atoms with Crippen molar-refractivity contribution in [1.82, 2.24) is 5.43 Å². The van der Waals surface area contributed by atoms with Crippen LogP contribution in [0.1, 0.15) is 32.1 Å². The van der Waals surface area contributed by atoms with Crippen LogP contribution in [-0.4, -0.2) is 29.8 Å². The summed E-state index contributed by atoms with van der Waals surface area (Å²) < 4.78 is 17.1. The number of carbonyl (C=O) groups excluding carboxylic acids is 1. The Labute approximate surface area is 200 Å². The predicted molar refractivity (Wildman–Crippen MR) is 127 cm³/mol. The maximum absolute atomic E-state index is 12.5. The highest BCUT2D eigenvalue weighted by Crippen LogP contribution is 2.36. The van der Waals surface area contributed by atoms with Crippen LogP contribution in [0.25, 0.3) is 11.3 Å². The summed E-state index contributed by atoms with van der Waals surface area (Å²) in [5.41, 5.74) is 3.67. The largest absolute Gasteiger partial charge is 0.485 e. The Kier molecular flexibility index (Phi) is 6.30. The molecule has 0 unspecified atom stereocenters. The van der Waals surface area contributed by atoms with E-state index in [2.05, 4.69) is 31.3 Å². The predicted octanol–water partition coefficient (Wildman–Crippen LogP) is 5.10. The molecule has 0 saturated carbocycles. The van der Waals surface area contributed by atoms with E-state index in [0.29, 0.717) is 33.6 Å². The first-order chi connectivity index (χ1) is 16.1. The lowest BCUT2D eigenvalue weighted by Crippen LogP contribution is -2.42. The van der Waals surface area contributed by atoms with Crippen molar-refractivity contribution in [3.63, 3.8) is 0 Å². The second kappa shape index (κ2) is 9.18. The van der Waals surface area contributed by atoms with Gasteiger partial charge in [-0.3, -0.25) is 14.9 Å². The van der Waals surface area contributed by atoms with Crippen LogP contribution >= 0.6 is 11.6 Å². The lowest BCUT2D eigenvalue weighted by atomic mass is 9.87. The molecule has 3 aromatic rings. The fourth-order valence-electron chi connectivity index (χ4n) is 3.28. The zero-order valence-electron chi connectivity index (χ0n) is 18.7. The zero-order chi connectivity index (χ0) is 24.5. The van der Waals surface area contributed by atoms with Gasteiger partial charge in [-0.1, -0.05) is 38.4 Å². The molecule has 0 fully saturated rings. The van der Waals surface area contributed by atoms with Crippen molar-refractivity contribution in [1.29, 1.82) is 0 Å². The number of ether oxygens (including phenoxy) is 2. The maximum atomic E-state index is 12.5. The van der Waals surface area contributed by atoms with Crippen molar-refractivity contribution in [3.05, 3.63) is 75.0 Å². The van der Waals surface area contributed by atoms with Crippen molar-refractivity contribution in [3.8, 4) is 22.8 Å². The molecular weight excluding hydrogens is 462 g/mol. The molecule has 1 aromatic heterocycles. The number of halogens is 1. The Morgan fingerprint density at radius 1 is 1.18 bits per heavy atom. The van der Waals surface area contributed by atoms with E-state index >= 15 is 0 Å². The van der Waals surface area contributed by atoms with E-state index in [1.54, 1.807) is 12.1 Å². The summed E-state index contributed by atoms with van der Waals surface area (Å²) in [4.78, 5) is 23.0. The van der Waals surface area contributed by atoms with Gasteiger partial charge in [-0.25, -0.2) is 5.43 Å². The van der Waals surface area contributed by atoms with Crippen LogP contribution in [0.5, 0.6) is 11.5 Å². The molecule has 1 aliphatic rings. The molecule has 1 aliphatic heterocycles. The molecule has 1 atom stereocenters. The Hall–Kier alpha value is -3.85. The second-order valence-electron chi connectivity index (χ2n) is 8.69. The van der Waals surface area contributed by atoms with Gasteiger partial charge in [-0.2, -0.15) is 5.10 Å². The van der Waals surface area contributed by atoms with Crippen LogP contribution in [-0.2, 0) is 10.2 Å². The number of nitrogens with zero attached hydrogens (tertiary/aromatic N) is 2. The number of nitro groups is 1. The fraction of sp³-hybridized carbons (Fsp3) is 0.250. The molecule has 176 valence electrons. The topological polar surface area (TPSA) is 116 Å². The number of non-ortho nitro benzene ring substituents is 1. The van der Waals surface area contributed by atoms with E-state index in [1.165, 1.54) is 24.4 Å². The molecule has 1 amide bonds. The minimum Gasteiger partial charge on any atom is -0.485 e. The third-order valence-electron chi connectivity index (χ3n) is 5.18. The average molecular weight is 484 g/mol. The van der Waals surface area contributed by atoms with Crippen molar-refractivity contribution >= 4 is 29.4 Å². The van der Waals surface area contributed by atoms with Crippen LogP contribution in [0.4, 0.5) is 5.69 Å². The van der Waals surface area contributed by atoms with Crippen molar-refractivity contribution in [2.24, 2.45) is 5.10 Å². The summed E-state index contributed by atoms with van der Waals surface area (Å²) in [7, 11) is 0. The number of amides is 1. The number of carbonyl (C=O) groups is 1. The van der Waals surface area contributed by atoms with Gasteiger partial charge in [0, 0.05) is 17.7 Å². The van der Waals surface area contributed by atoms with Gasteiger partial charge in [0.15, 0.2) is 11.5 Å². The molecule has 2 heterocycles. The summed E-state index contributed by atoms with van der Waals surface area (Å²) in [6.07, 6.45) is 0.442. The highest BCUT2D eigenvalue weighted by Gasteiger charge is 2.28. The number of hydrogen-bond acceptors (Lipinski definition) is 7. The third-order valence-corrected chi connectivity index (χ3v) is 5.51. The first-order valence-corrected chi connectivity index (χ1v) is 10.8. The van der Waals surface area contributed by atoms with E-state index in [-0.39, 0.29) is 17.7 Å². The second-order valence-corrected chi connectivity index (χ2v) is 9.09. The van der Waals surface area contributed by atoms with Crippen LogP contribution in [0.3, 0.4) is 0 Å². The Morgan fingerprint density at radius 2 is 1.97 bits per heavy atom. The minimum atomic E-state index is -0.865. The normalized spacial score (nSPS) is 15.4. The van der Waals surface area contributed by atoms with Gasteiger partial charge in [0.2, 0.25) is 6.10 Å². The van der Waals surface area contributed by atoms with Crippen molar-refractivity contribution in [2.75, 3.05) is 6.61 Å². The molecule has 0 bridgehead atoms. The standard InChI is InChI=1S/C24H22ClN3O6/c1-24(2,3)14-4-8-20-21(10-14)34-22(13-32-20)23(29)27-26-12-16-6-9-19(33-16)17-11-15(28(30)31)5-7-18(17)25/h4-12,22H,13H2,1-3H3,(H,27,29)/b26-12-/t22-/m1/s1. The van der Waals surface area contributed by atoms with Gasteiger partial charge in [0.05, 0.1) is 16.2 Å². The van der Waals surface area contributed by atoms with Gasteiger partial charge in [0.25, 0.3) is 11.6 Å². The van der Waals surface area contributed by atoms with Gasteiger partial charge in [-0.05, 0) is 41.3 Å². The molecule has 0 radical (unpaired) electrons. The summed E-state index contributed by atoms with van der Waals surface area (Å²) >= 11 is 6.15. The Bertz CT molecular complexity index is 1280. The molecule has 4 rings (SSSR count). The van der Waals surface area contributed by atoms with E-state index in [0.717, 1.165) is 5.56 Å². The smallest absolute Gasteiger partial charge is 0.284 e. The monoisotopic (exact) mass is 483 g/mol. The molecule has 0 spiro atoms. The molecule has 0 saturated heterocycles. The SMILES string of the molecule is CC(C)(C)c1ccc2c(c1)O[C@@H](C(=O)N/N=C\c1ccc(-c3cc([N+](=O)[O-])ccc3Cl)o1)CO2. The first-order valence-electron chi connectivity index (χ1n) is 10.4. The van der Waals surface area contributed by atoms with E-state index in [9.17, 15) is 14.9 Å². The van der Waals surface area contributed by atoms with Gasteiger partial charge in [-0.15, -0.1) is 0 Å². The van der Waals surface area contributed by atoms with Crippen molar-refractivity contribution in [2.45, 2.75) is 32.3 Å². The first kappa shape index (κ1) is 23.3. The molecule has 9 nitrogen and oxygen atoms in total. The molecule has 0 aliphatic carbocycles. The van der Waals surface area contributed by atoms with Crippen LogP contribution < -0.4 is 14.9 Å². The highest BCUT2D eigenvalue weighted by atomic mass is 35.5. The number of rotatable bonds is 5. The fourth-order valence-corrected chi connectivity index (χ4v) is 3.49. The van der Waals surface area contributed by atoms with Crippen molar-refractivity contribution < 1.29 is 23.6 Å². The van der Waals surface area contributed by atoms with E-state index in [1.807, 2.05) is 18.2 Å². The maximum Gasteiger partial charge on any atom is 0.284 e. The number of hydrogen-bond donors (Lipinski definition) is 1. The molecule has 1 N–H and O–H groups in total. The van der Waals surface area contributed by atoms with Crippen LogP contribution in [0, 0.1) is 10.1 Å². The summed E-state index contributed by atoms with van der Waals surface area (Å²) in [6.45, 7) is 6.32. The average Bonchev–Trinajstić information content (AvgIpc) is 3.26. The number of nitrogens with one attached hydrogen (secondary N) is 1. The van der Waals surface area contributed by atoms with E-state index in [4.69, 9.17) is 25.5 Å². The highest BCUT2D eigenvalue weighted by molar-refractivity contribution is 6.33. The number of benzene rings is 2. The van der Waals surface area contributed by atoms with Gasteiger partial charge < -0.3 is 13.9 Å². The summed E-state index contributed by atoms with van der Waals surface area (Å²) in [5.74, 6) is 1.27. The number of nitro benzene ring substituents is 1. The zero-order valence-corrected chi connectivity index (χ0v) is 19.5. The quantitative estimate of drug-likeness (QED) is 0.306. The lowest BCUT2D eigenvalue weighted by molar-refractivity contribution is -0.384. The lowest BCUT2D eigenvalue weighted by Gasteiger charge is -2.27. The molecule has 34 heavy (non-hydrogen) atoms. The van der Waals surface area contributed by atoms with Crippen LogP contribution in [0.15, 0.2) is 58.0 Å². The number of fused-ring (bicyclic) bond motifs is 1. The van der Waals surface area contributed by atoms with Gasteiger partial charge >= 0.3 is 0 Å². The van der Waals surface area contributed by atoms with E-state index < -0.39 is 16.9 Å². The van der Waals surface area contributed by atoms with Gasteiger partial charge in [0.1, 0.15) is 18.1 Å². The Balaban J connectivity index is 1.41. The Morgan fingerprint density at radius 3 is 2.71 bits per heavy atom.